The van der Waals surface area contributed by atoms with Gasteiger partial charge in [0.1, 0.15) is 11.6 Å². The first-order chi connectivity index (χ1) is 27.3. The summed E-state index contributed by atoms with van der Waals surface area (Å²) in [6, 6.07) is 24.7. The van der Waals surface area contributed by atoms with Gasteiger partial charge < -0.3 is 20.9 Å². The van der Waals surface area contributed by atoms with Crippen molar-refractivity contribution in [2.75, 3.05) is 25.9 Å². The van der Waals surface area contributed by atoms with E-state index < -0.39 is 0 Å². The van der Waals surface area contributed by atoms with Crippen molar-refractivity contribution in [3.05, 3.63) is 124 Å². The second-order valence-corrected chi connectivity index (χ2v) is 16.4. The van der Waals surface area contributed by atoms with E-state index in [1.807, 2.05) is 18.3 Å². The third kappa shape index (κ3) is 12.1. The molecule has 7 heteroatoms. The fourth-order valence-electron chi connectivity index (χ4n) is 9.01. The van der Waals surface area contributed by atoms with Gasteiger partial charge in [-0.3, -0.25) is 9.59 Å². The van der Waals surface area contributed by atoms with Crippen LogP contribution < -0.4 is 15.8 Å². The summed E-state index contributed by atoms with van der Waals surface area (Å²) in [4.78, 5) is 30.5. The van der Waals surface area contributed by atoms with Crippen LogP contribution in [0.1, 0.15) is 116 Å². The average molecular weight is 756 g/mol. The van der Waals surface area contributed by atoms with Crippen LogP contribution in [0.2, 0.25) is 0 Å². The molecule has 1 saturated carbocycles. The zero-order valence-electron chi connectivity index (χ0n) is 33.4. The van der Waals surface area contributed by atoms with Gasteiger partial charge in [-0.05, 0) is 171 Å². The molecule has 0 atom stereocenters. The molecule has 56 heavy (non-hydrogen) atoms. The van der Waals surface area contributed by atoms with Crippen LogP contribution >= 0.6 is 0 Å². The minimum absolute atomic E-state index is 0.00832. The molecule has 0 radical (unpaired) electrons. The number of phenolic OH excluding ortho intramolecular Hbond substituents is 1. The van der Waals surface area contributed by atoms with E-state index in [-0.39, 0.29) is 23.7 Å². The number of nitrogens with two attached hydrogens (primary N) is 1. The first kappa shape index (κ1) is 40.9. The number of piperidine rings is 1. The van der Waals surface area contributed by atoms with E-state index in [1.165, 1.54) is 81.2 Å². The molecule has 1 aliphatic carbocycles. The van der Waals surface area contributed by atoms with Gasteiger partial charge >= 0.3 is 0 Å². The minimum Gasteiger partial charge on any atom is -0.504 e. The van der Waals surface area contributed by atoms with Crippen LogP contribution in [0.4, 0.5) is 5.82 Å². The Morgan fingerprint density at radius 2 is 1.59 bits per heavy atom. The number of rotatable bonds is 20. The first-order valence-corrected chi connectivity index (χ1v) is 21.0. The van der Waals surface area contributed by atoms with Gasteiger partial charge in [-0.1, -0.05) is 73.5 Å². The number of benzene rings is 3. The fourth-order valence-corrected chi connectivity index (χ4v) is 9.01. The number of phenols is 1. The number of allylic oxidation sites excluding steroid dienone is 1. The summed E-state index contributed by atoms with van der Waals surface area (Å²) >= 11 is 0. The van der Waals surface area contributed by atoms with Crippen molar-refractivity contribution in [3.63, 3.8) is 0 Å². The SMILES string of the molecule is COc1cc(C=CC(=O)CC(=O)CCCC2(CCC3CCNCC3)CCCC2)c(Cc2cnc(N)cc2CCc2cccc(CCc3ccccc3)c2)cc1O. The lowest BCUT2D eigenvalue weighted by Crippen LogP contribution is -2.29. The number of aromatic nitrogens is 1. The first-order valence-electron chi connectivity index (χ1n) is 21.0. The second-order valence-electron chi connectivity index (χ2n) is 16.4. The number of anilines is 1. The number of nitrogens with one attached hydrogen (secondary N) is 1. The van der Waals surface area contributed by atoms with Gasteiger partial charge in [0, 0.05) is 12.6 Å². The highest BCUT2D eigenvalue weighted by Gasteiger charge is 2.34. The van der Waals surface area contributed by atoms with Crippen molar-refractivity contribution in [1.29, 1.82) is 0 Å². The van der Waals surface area contributed by atoms with E-state index in [1.54, 1.807) is 18.2 Å². The van der Waals surface area contributed by atoms with E-state index in [0.29, 0.717) is 29.8 Å². The van der Waals surface area contributed by atoms with Gasteiger partial charge in [0.25, 0.3) is 0 Å². The van der Waals surface area contributed by atoms with Crippen LogP contribution in [0, 0.1) is 11.3 Å². The van der Waals surface area contributed by atoms with Crippen molar-refractivity contribution in [2.45, 2.75) is 109 Å². The van der Waals surface area contributed by atoms with Crippen molar-refractivity contribution in [3.8, 4) is 11.5 Å². The third-order valence-corrected chi connectivity index (χ3v) is 12.3. The monoisotopic (exact) mass is 755 g/mol. The molecule has 0 unspecified atom stereocenters. The Bertz CT molecular complexity index is 1930. The zero-order chi connectivity index (χ0) is 39.2. The summed E-state index contributed by atoms with van der Waals surface area (Å²) in [7, 11) is 1.51. The van der Waals surface area contributed by atoms with Gasteiger partial charge in [-0.25, -0.2) is 4.98 Å². The molecule has 1 saturated heterocycles. The number of ketones is 2. The smallest absolute Gasteiger partial charge is 0.163 e. The van der Waals surface area contributed by atoms with E-state index in [2.05, 4.69) is 58.8 Å². The summed E-state index contributed by atoms with van der Waals surface area (Å²) in [5.41, 5.74) is 14.1. The van der Waals surface area contributed by atoms with Crippen molar-refractivity contribution < 1.29 is 19.4 Å². The molecule has 4 N–H and O–H groups in total. The molecule has 1 aliphatic heterocycles. The molecule has 3 aromatic carbocycles. The average Bonchev–Trinajstić information content (AvgIpc) is 3.68. The highest BCUT2D eigenvalue weighted by molar-refractivity contribution is 6.06. The summed E-state index contributed by atoms with van der Waals surface area (Å²) in [6.45, 7) is 2.29. The molecule has 0 bridgehead atoms. The van der Waals surface area contributed by atoms with Gasteiger partial charge in [-0.2, -0.15) is 0 Å². The van der Waals surface area contributed by atoms with E-state index in [4.69, 9.17) is 10.5 Å². The summed E-state index contributed by atoms with van der Waals surface area (Å²) in [5.74, 6) is 1.44. The Balaban J connectivity index is 1.06. The molecular weight excluding hydrogens is 695 g/mol. The lowest BCUT2D eigenvalue weighted by atomic mass is 9.74. The number of aryl methyl sites for hydroxylation is 4. The molecule has 2 heterocycles. The maximum Gasteiger partial charge on any atom is 0.163 e. The van der Waals surface area contributed by atoms with Crippen molar-refractivity contribution in [2.24, 2.45) is 11.3 Å². The number of ether oxygens (including phenoxy) is 1. The van der Waals surface area contributed by atoms with Crippen LogP contribution in [-0.4, -0.2) is 41.9 Å². The predicted molar refractivity (Wildman–Crippen MR) is 227 cm³/mol. The van der Waals surface area contributed by atoms with Gasteiger partial charge in [0.15, 0.2) is 17.3 Å². The molecule has 296 valence electrons. The Hall–Kier alpha value is -4.75. The molecule has 0 spiro atoms. The quantitative estimate of drug-likeness (QED) is 0.0608. The van der Waals surface area contributed by atoms with Crippen LogP contribution in [0.25, 0.3) is 6.08 Å². The molecule has 0 amide bonds. The predicted octanol–water partition coefficient (Wildman–Crippen LogP) is 9.59. The number of nitrogen functional groups attached to an aromatic ring is 1. The number of carbonyl (C=O) groups excluding carboxylic acids is 2. The van der Waals surface area contributed by atoms with E-state index >= 15 is 0 Å². The summed E-state index contributed by atoms with van der Waals surface area (Å²) < 4.78 is 5.43. The van der Waals surface area contributed by atoms with E-state index in [9.17, 15) is 14.7 Å². The number of methoxy groups -OCH3 is 1. The van der Waals surface area contributed by atoms with Crippen molar-refractivity contribution >= 4 is 23.5 Å². The lowest BCUT2D eigenvalue weighted by Gasteiger charge is -2.32. The Morgan fingerprint density at radius 1 is 0.875 bits per heavy atom. The summed E-state index contributed by atoms with van der Waals surface area (Å²) in [6.07, 6.45) is 21.8. The maximum absolute atomic E-state index is 13.1. The number of pyridine rings is 1. The molecular formula is C49H61N3O4. The number of carbonyl (C=O) groups is 2. The number of aromatic hydroxyl groups is 1. The molecule has 2 aliphatic rings. The molecule has 7 nitrogen and oxygen atoms in total. The molecule has 1 aromatic heterocycles. The van der Waals surface area contributed by atoms with Crippen LogP contribution in [-0.2, 0) is 41.7 Å². The van der Waals surface area contributed by atoms with Crippen molar-refractivity contribution in [1.82, 2.24) is 10.3 Å². The Kier molecular flexibility index (Phi) is 14.9. The number of Topliss-reactive ketones (excluding diaryl/α,β-unsaturated/α-hetero) is 1. The number of nitrogens with zero attached hydrogens (tertiary/aromatic N) is 1. The Morgan fingerprint density at radius 3 is 2.34 bits per heavy atom. The standard InChI is InChI=1S/C49H61N3O4/c1-56-47-32-40(18-19-45(54)34-44(53)13-8-25-49(23-5-6-24-49)26-20-37-21-27-51-28-22-37)42(31-46(47)55)30-43-35-52-48(50)33-41(43)17-16-39-12-7-11-38(29-39)15-14-36-9-3-2-4-10-36/h2-4,7,9-12,18-19,29,31-33,35,37,51,55H,5-6,8,13-17,20-28,30,34H2,1H3,(H2,50,52). The topological polar surface area (TPSA) is 115 Å². The Labute approximate surface area is 334 Å². The second kappa shape index (κ2) is 20.4. The van der Waals surface area contributed by atoms with Crippen LogP contribution in [0.15, 0.2) is 85.1 Å². The highest BCUT2D eigenvalue weighted by Crippen LogP contribution is 2.47. The molecule has 2 fully saturated rings. The van der Waals surface area contributed by atoms with Crippen LogP contribution in [0.3, 0.4) is 0 Å². The molecule has 6 rings (SSSR count). The summed E-state index contributed by atoms with van der Waals surface area (Å²) in [5, 5.41) is 14.3. The van der Waals surface area contributed by atoms with Gasteiger partial charge in [0.2, 0.25) is 0 Å². The normalized spacial score (nSPS) is 15.7. The number of hydrogen-bond donors (Lipinski definition) is 3. The minimum atomic E-state index is -0.213. The van der Waals surface area contributed by atoms with Crippen LogP contribution in [0.5, 0.6) is 11.5 Å². The number of hydrogen-bond acceptors (Lipinski definition) is 7. The largest absolute Gasteiger partial charge is 0.504 e. The zero-order valence-corrected chi connectivity index (χ0v) is 33.4. The van der Waals surface area contributed by atoms with Gasteiger partial charge in [-0.15, -0.1) is 0 Å². The van der Waals surface area contributed by atoms with Gasteiger partial charge in [0.05, 0.1) is 13.5 Å². The maximum atomic E-state index is 13.1. The third-order valence-electron chi connectivity index (χ3n) is 12.3. The lowest BCUT2D eigenvalue weighted by molar-refractivity contribution is -0.124. The fraction of sp³-hybridized carbons (Fsp3) is 0.449. The van der Waals surface area contributed by atoms with E-state index in [0.717, 1.165) is 79.8 Å². The molecule has 4 aromatic rings. The highest BCUT2D eigenvalue weighted by atomic mass is 16.5.